The van der Waals surface area contributed by atoms with Crippen LogP contribution in [0.4, 0.5) is 0 Å². The first-order valence-corrected chi connectivity index (χ1v) is 9.54. The van der Waals surface area contributed by atoms with Crippen molar-refractivity contribution in [3.63, 3.8) is 0 Å². The minimum atomic E-state index is -1.02. The highest BCUT2D eigenvalue weighted by atomic mass is 16.5. The molecule has 6 nitrogen and oxygen atoms in total. The summed E-state index contributed by atoms with van der Waals surface area (Å²) < 4.78 is 6.95. The lowest BCUT2D eigenvalue weighted by Crippen LogP contribution is -2.08. The Kier molecular flexibility index (Phi) is 5.82. The molecule has 2 aromatic carbocycles. The van der Waals surface area contributed by atoms with Gasteiger partial charge < -0.3 is 9.84 Å². The first kappa shape index (κ1) is 20.3. The lowest BCUT2D eigenvalue weighted by molar-refractivity contribution is 0.0518. The van der Waals surface area contributed by atoms with Gasteiger partial charge >= 0.3 is 11.9 Å². The number of esters is 1. The molecule has 0 aliphatic heterocycles. The van der Waals surface area contributed by atoms with Crippen LogP contribution in [0, 0.1) is 6.92 Å². The van der Waals surface area contributed by atoms with E-state index in [0.717, 1.165) is 5.56 Å². The standard InChI is InChI=1S/C23H24N2O4/c1-5-29-23(28)20-15(4)25(19-8-6-7-18(13-19)22(26)27)21(24-20)17-11-9-16(10-12-17)14(2)3/h6-14H,5H2,1-4H3,(H,26,27). The maximum atomic E-state index is 12.4. The molecule has 0 fully saturated rings. The average molecular weight is 392 g/mol. The van der Waals surface area contributed by atoms with Gasteiger partial charge in [0, 0.05) is 11.3 Å². The smallest absolute Gasteiger partial charge is 0.358 e. The van der Waals surface area contributed by atoms with E-state index in [1.807, 2.05) is 24.3 Å². The van der Waals surface area contributed by atoms with E-state index >= 15 is 0 Å². The topological polar surface area (TPSA) is 81.4 Å². The number of aromatic carboxylic acids is 1. The Morgan fingerprint density at radius 1 is 1.14 bits per heavy atom. The molecule has 0 spiro atoms. The number of rotatable bonds is 6. The number of carboxylic acids is 1. The molecule has 6 heteroatoms. The molecule has 3 rings (SSSR count). The Bertz CT molecular complexity index is 1050. The fraction of sp³-hybridized carbons (Fsp3) is 0.261. The fourth-order valence-corrected chi connectivity index (χ4v) is 3.20. The number of benzene rings is 2. The number of aromatic nitrogens is 2. The molecule has 150 valence electrons. The molecule has 0 saturated heterocycles. The molecule has 0 unspecified atom stereocenters. The Hall–Kier alpha value is -3.41. The third-order valence-electron chi connectivity index (χ3n) is 4.76. The van der Waals surface area contributed by atoms with Crippen LogP contribution in [0.1, 0.15) is 58.8 Å². The molecule has 0 aliphatic carbocycles. The second-order valence-electron chi connectivity index (χ2n) is 7.06. The summed E-state index contributed by atoms with van der Waals surface area (Å²) in [5, 5.41) is 9.36. The van der Waals surface area contributed by atoms with Crippen LogP contribution in [0.25, 0.3) is 17.1 Å². The molecule has 0 saturated carbocycles. The van der Waals surface area contributed by atoms with E-state index in [1.54, 1.807) is 36.6 Å². The highest BCUT2D eigenvalue weighted by molar-refractivity contribution is 5.90. The van der Waals surface area contributed by atoms with Gasteiger partial charge in [-0.2, -0.15) is 0 Å². The third kappa shape index (κ3) is 4.06. The second kappa shape index (κ2) is 8.31. The Morgan fingerprint density at radius 3 is 2.41 bits per heavy atom. The summed E-state index contributed by atoms with van der Waals surface area (Å²) in [5.74, 6) is -0.562. The highest BCUT2D eigenvalue weighted by Gasteiger charge is 2.23. The van der Waals surface area contributed by atoms with Gasteiger partial charge in [-0.1, -0.05) is 44.2 Å². The van der Waals surface area contributed by atoms with Crippen molar-refractivity contribution < 1.29 is 19.4 Å². The van der Waals surface area contributed by atoms with Crippen molar-refractivity contribution in [3.8, 4) is 17.1 Å². The van der Waals surface area contributed by atoms with Gasteiger partial charge in [0.2, 0.25) is 0 Å². The van der Waals surface area contributed by atoms with Gasteiger partial charge in [-0.25, -0.2) is 14.6 Å². The zero-order chi connectivity index (χ0) is 21.1. The first-order chi connectivity index (χ1) is 13.8. The van der Waals surface area contributed by atoms with Crippen molar-refractivity contribution in [1.29, 1.82) is 0 Å². The number of carbonyl (C=O) groups excluding carboxylic acids is 1. The van der Waals surface area contributed by atoms with E-state index in [2.05, 4.69) is 18.8 Å². The summed E-state index contributed by atoms with van der Waals surface area (Å²) in [6.07, 6.45) is 0. The molecule has 0 atom stereocenters. The lowest BCUT2D eigenvalue weighted by Gasteiger charge is -2.12. The Labute approximate surface area is 169 Å². The van der Waals surface area contributed by atoms with Crippen molar-refractivity contribution in [2.24, 2.45) is 0 Å². The molecule has 3 aromatic rings. The summed E-state index contributed by atoms with van der Waals surface area (Å²) in [4.78, 5) is 28.4. The predicted molar refractivity (Wildman–Crippen MR) is 111 cm³/mol. The molecule has 0 amide bonds. The van der Waals surface area contributed by atoms with E-state index in [9.17, 15) is 14.7 Å². The highest BCUT2D eigenvalue weighted by Crippen LogP contribution is 2.28. The SMILES string of the molecule is CCOC(=O)c1nc(-c2ccc(C(C)C)cc2)n(-c2cccc(C(=O)O)c2)c1C. The summed E-state index contributed by atoms with van der Waals surface area (Å²) in [6, 6.07) is 14.6. The van der Waals surface area contributed by atoms with Gasteiger partial charge in [-0.05, 0) is 43.5 Å². The molecule has 1 N–H and O–H groups in total. The summed E-state index contributed by atoms with van der Waals surface area (Å²) in [5.41, 5.74) is 3.61. The molecule has 29 heavy (non-hydrogen) atoms. The van der Waals surface area contributed by atoms with Crippen LogP contribution >= 0.6 is 0 Å². The number of hydrogen-bond acceptors (Lipinski definition) is 4. The predicted octanol–water partition coefficient (Wildman–Crippen LogP) is 4.85. The number of ether oxygens (including phenoxy) is 1. The van der Waals surface area contributed by atoms with Crippen LogP contribution in [-0.2, 0) is 4.74 Å². The zero-order valence-corrected chi connectivity index (χ0v) is 17.0. The number of carboxylic acid groups (broad SMARTS) is 1. The molecule has 0 radical (unpaired) electrons. The van der Waals surface area contributed by atoms with Crippen molar-refractivity contribution in [3.05, 3.63) is 71.0 Å². The van der Waals surface area contributed by atoms with Crippen molar-refractivity contribution in [1.82, 2.24) is 9.55 Å². The van der Waals surface area contributed by atoms with Gasteiger partial charge in [0.15, 0.2) is 5.69 Å². The maximum absolute atomic E-state index is 12.4. The average Bonchev–Trinajstić information content (AvgIpc) is 3.05. The fourth-order valence-electron chi connectivity index (χ4n) is 3.20. The molecule has 1 heterocycles. The first-order valence-electron chi connectivity index (χ1n) is 9.54. The van der Waals surface area contributed by atoms with E-state index in [-0.39, 0.29) is 17.9 Å². The van der Waals surface area contributed by atoms with Crippen LogP contribution in [-0.4, -0.2) is 33.2 Å². The quantitative estimate of drug-likeness (QED) is 0.607. The second-order valence-corrected chi connectivity index (χ2v) is 7.06. The largest absolute Gasteiger partial charge is 0.478 e. The van der Waals surface area contributed by atoms with Crippen LogP contribution in [0.15, 0.2) is 48.5 Å². The maximum Gasteiger partial charge on any atom is 0.358 e. The monoisotopic (exact) mass is 392 g/mol. The van der Waals surface area contributed by atoms with E-state index in [0.29, 0.717) is 23.1 Å². The third-order valence-corrected chi connectivity index (χ3v) is 4.76. The minimum absolute atomic E-state index is 0.161. The van der Waals surface area contributed by atoms with Crippen LogP contribution < -0.4 is 0 Å². The molecule has 1 aromatic heterocycles. The van der Waals surface area contributed by atoms with Crippen molar-refractivity contribution in [2.75, 3.05) is 6.61 Å². The number of hydrogen-bond donors (Lipinski definition) is 1. The minimum Gasteiger partial charge on any atom is -0.478 e. The summed E-state index contributed by atoms with van der Waals surface area (Å²) >= 11 is 0. The van der Waals surface area contributed by atoms with E-state index in [1.165, 1.54) is 11.6 Å². The normalized spacial score (nSPS) is 10.9. The molecular formula is C23H24N2O4. The van der Waals surface area contributed by atoms with E-state index in [4.69, 9.17) is 4.74 Å². The summed E-state index contributed by atoms with van der Waals surface area (Å²) in [6.45, 7) is 8.01. The van der Waals surface area contributed by atoms with Gasteiger partial charge in [-0.15, -0.1) is 0 Å². The Morgan fingerprint density at radius 2 is 1.83 bits per heavy atom. The van der Waals surface area contributed by atoms with Crippen molar-refractivity contribution >= 4 is 11.9 Å². The van der Waals surface area contributed by atoms with Gasteiger partial charge in [0.1, 0.15) is 5.82 Å². The number of carbonyl (C=O) groups is 2. The van der Waals surface area contributed by atoms with Gasteiger partial charge in [0.25, 0.3) is 0 Å². The van der Waals surface area contributed by atoms with Gasteiger partial charge in [0.05, 0.1) is 17.9 Å². The zero-order valence-electron chi connectivity index (χ0n) is 17.0. The van der Waals surface area contributed by atoms with Crippen LogP contribution in [0.5, 0.6) is 0 Å². The lowest BCUT2D eigenvalue weighted by atomic mass is 10.0. The van der Waals surface area contributed by atoms with Crippen molar-refractivity contribution in [2.45, 2.75) is 33.6 Å². The molecule has 0 aliphatic rings. The van der Waals surface area contributed by atoms with Crippen LogP contribution in [0.3, 0.4) is 0 Å². The molecular weight excluding hydrogens is 368 g/mol. The number of imidazole rings is 1. The summed E-state index contributed by atoms with van der Waals surface area (Å²) in [7, 11) is 0. The Balaban J connectivity index is 2.21. The molecule has 0 bridgehead atoms. The number of nitrogens with zero attached hydrogens (tertiary/aromatic N) is 2. The van der Waals surface area contributed by atoms with Gasteiger partial charge in [-0.3, -0.25) is 4.57 Å². The van der Waals surface area contributed by atoms with E-state index < -0.39 is 11.9 Å². The van der Waals surface area contributed by atoms with Crippen LogP contribution in [0.2, 0.25) is 0 Å².